The van der Waals surface area contributed by atoms with E-state index in [-0.39, 0.29) is 17.9 Å². The van der Waals surface area contributed by atoms with Gasteiger partial charge in [-0.05, 0) is 37.8 Å². The number of H-pyrrole nitrogens is 1. The monoisotopic (exact) mass is 341 g/mol. The minimum Gasteiger partial charge on any atom is -0.356 e. The fourth-order valence-corrected chi connectivity index (χ4v) is 3.76. The standard InChI is InChI=1S/C20H27N3O2/c1-14-20-17(16-8-5-6-9-18(16)22-20)11-13-23(14)19(25)10-4-3-7-12-21-15(2)24/h5-6,8-9,14,22H,3-4,7,10-13H2,1-2H3,(H,21,24). The van der Waals surface area contributed by atoms with E-state index >= 15 is 0 Å². The Balaban J connectivity index is 1.55. The first-order valence-corrected chi connectivity index (χ1v) is 9.21. The quantitative estimate of drug-likeness (QED) is 0.792. The summed E-state index contributed by atoms with van der Waals surface area (Å²) in [5, 5.41) is 4.08. The summed E-state index contributed by atoms with van der Waals surface area (Å²) in [7, 11) is 0. The molecule has 3 rings (SSSR count). The van der Waals surface area contributed by atoms with Gasteiger partial charge in [-0.25, -0.2) is 0 Å². The maximum Gasteiger partial charge on any atom is 0.223 e. The molecule has 134 valence electrons. The fraction of sp³-hybridized carbons (Fsp3) is 0.500. The van der Waals surface area contributed by atoms with Crippen LogP contribution in [0.5, 0.6) is 0 Å². The van der Waals surface area contributed by atoms with E-state index in [2.05, 4.69) is 35.4 Å². The van der Waals surface area contributed by atoms with Crippen LogP contribution in [0.3, 0.4) is 0 Å². The molecule has 1 atom stereocenters. The molecule has 0 radical (unpaired) electrons. The molecule has 0 bridgehead atoms. The smallest absolute Gasteiger partial charge is 0.223 e. The van der Waals surface area contributed by atoms with E-state index in [1.807, 2.05) is 11.0 Å². The van der Waals surface area contributed by atoms with Crippen LogP contribution < -0.4 is 5.32 Å². The second-order valence-electron chi connectivity index (χ2n) is 6.87. The van der Waals surface area contributed by atoms with Crippen LogP contribution in [0, 0.1) is 0 Å². The largest absolute Gasteiger partial charge is 0.356 e. The molecule has 5 heteroatoms. The molecule has 0 spiro atoms. The summed E-state index contributed by atoms with van der Waals surface area (Å²) in [5.74, 6) is 0.240. The molecule has 2 N–H and O–H groups in total. The highest BCUT2D eigenvalue weighted by Crippen LogP contribution is 2.34. The Bertz CT molecular complexity index is 765. The van der Waals surface area contributed by atoms with Gasteiger partial charge in [-0.15, -0.1) is 0 Å². The molecule has 5 nitrogen and oxygen atoms in total. The summed E-state index contributed by atoms with van der Waals surface area (Å²) in [6.45, 7) is 5.13. The van der Waals surface area contributed by atoms with Gasteiger partial charge in [0.05, 0.1) is 6.04 Å². The third-order valence-electron chi connectivity index (χ3n) is 5.10. The maximum atomic E-state index is 12.6. The minimum atomic E-state index is 0.00681. The van der Waals surface area contributed by atoms with E-state index in [1.54, 1.807) is 0 Å². The van der Waals surface area contributed by atoms with Gasteiger partial charge in [0.15, 0.2) is 0 Å². The summed E-state index contributed by atoms with van der Waals surface area (Å²) in [6, 6.07) is 8.47. The first-order chi connectivity index (χ1) is 12.1. The van der Waals surface area contributed by atoms with Crippen molar-refractivity contribution in [2.45, 2.75) is 52.0 Å². The molecule has 2 heterocycles. The van der Waals surface area contributed by atoms with Gasteiger partial charge in [0.2, 0.25) is 11.8 Å². The highest BCUT2D eigenvalue weighted by Gasteiger charge is 2.29. The highest BCUT2D eigenvalue weighted by atomic mass is 16.2. The molecule has 1 aliphatic rings. The first kappa shape index (κ1) is 17.5. The van der Waals surface area contributed by atoms with Crippen molar-refractivity contribution < 1.29 is 9.59 Å². The number of aromatic nitrogens is 1. The van der Waals surface area contributed by atoms with E-state index in [0.717, 1.165) is 37.7 Å². The number of nitrogens with zero attached hydrogens (tertiary/aromatic N) is 1. The van der Waals surface area contributed by atoms with E-state index < -0.39 is 0 Å². The number of fused-ring (bicyclic) bond motifs is 3. The second kappa shape index (κ2) is 7.72. The lowest BCUT2D eigenvalue weighted by molar-refractivity contribution is -0.134. The minimum absolute atomic E-state index is 0.00681. The summed E-state index contributed by atoms with van der Waals surface area (Å²) < 4.78 is 0. The Labute approximate surface area is 148 Å². The van der Waals surface area contributed by atoms with E-state index in [9.17, 15) is 9.59 Å². The molecule has 0 aliphatic carbocycles. The summed E-state index contributed by atoms with van der Waals surface area (Å²) in [6.07, 6.45) is 4.26. The average Bonchev–Trinajstić information content (AvgIpc) is 2.97. The Morgan fingerprint density at radius 1 is 1.24 bits per heavy atom. The number of nitrogens with one attached hydrogen (secondary N) is 2. The van der Waals surface area contributed by atoms with Crippen molar-refractivity contribution in [1.82, 2.24) is 15.2 Å². The van der Waals surface area contributed by atoms with Gasteiger partial charge in [0.25, 0.3) is 0 Å². The van der Waals surface area contributed by atoms with Gasteiger partial charge >= 0.3 is 0 Å². The maximum absolute atomic E-state index is 12.6. The van der Waals surface area contributed by atoms with Crippen molar-refractivity contribution in [3.63, 3.8) is 0 Å². The molecule has 1 aromatic carbocycles. The predicted molar refractivity (Wildman–Crippen MR) is 99.3 cm³/mol. The third-order valence-corrected chi connectivity index (χ3v) is 5.10. The van der Waals surface area contributed by atoms with Gasteiger partial charge in [0.1, 0.15) is 0 Å². The van der Waals surface area contributed by atoms with Crippen LogP contribution in [0.2, 0.25) is 0 Å². The number of hydrogen-bond acceptors (Lipinski definition) is 2. The molecule has 0 saturated carbocycles. The van der Waals surface area contributed by atoms with Crippen LogP contribution in [-0.2, 0) is 16.0 Å². The zero-order chi connectivity index (χ0) is 17.8. The van der Waals surface area contributed by atoms with Gasteiger partial charge in [-0.2, -0.15) is 0 Å². The van der Waals surface area contributed by atoms with Crippen molar-refractivity contribution in [1.29, 1.82) is 0 Å². The van der Waals surface area contributed by atoms with E-state index in [1.165, 1.54) is 23.6 Å². The molecular formula is C20H27N3O2. The van der Waals surface area contributed by atoms with Crippen LogP contribution >= 0.6 is 0 Å². The fourth-order valence-electron chi connectivity index (χ4n) is 3.76. The molecule has 2 amide bonds. The summed E-state index contributed by atoms with van der Waals surface area (Å²) in [4.78, 5) is 29.0. The number of para-hydroxylation sites is 1. The normalized spacial score (nSPS) is 16.7. The molecule has 0 saturated heterocycles. The predicted octanol–water partition coefficient (Wildman–Crippen LogP) is 3.31. The second-order valence-corrected chi connectivity index (χ2v) is 6.87. The number of aromatic amines is 1. The number of amides is 2. The van der Waals surface area contributed by atoms with E-state index in [0.29, 0.717) is 13.0 Å². The third kappa shape index (κ3) is 3.86. The van der Waals surface area contributed by atoms with Crippen LogP contribution in [0.25, 0.3) is 10.9 Å². The van der Waals surface area contributed by atoms with Crippen LogP contribution in [0.4, 0.5) is 0 Å². The molecule has 1 unspecified atom stereocenters. The molecule has 1 aliphatic heterocycles. The molecule has 25 heavy (non-hydrogen) atoms. The Morgan fingerprint density at radius 3 is 2.84 bits per heavy atom. The van der Waals surface area contributed by atoms with Crippen LogP contribution in [0.1, 0.15) is 56.8 Å². The zero-order valence-electron chi connectivity index (χ0n) is 15.1. The number of benzene rings is 1. The molecule has 2 aromatic rings. The molecular weight excluding hydrogens is 314 g/mol. The first-order valence-electron chi connectivity index (χ1n) is 9.21. The number of rotatable bonds is 6. The van der Waals surface area contributed by atoms with Gasteiger partial charge < -0.3 is 15.2 Å². The van der Waals surface area contributed by atoms with Gasteiger partial charge in [-0.1, -0.05) is 24.6 Å². The van der Waals surface area contributed by atoms with Crippen molar-refractivity contribution in [2.24, 2.45) is 0 Å². The topological polar surface area (TPSA) is 65.2 Å². The Kier molecular flexibility index (Phi) is 5.41. The molecule has 0 fully saturated rings. The SMILES string of the molecule is CC(=O)NCCCCCC(=O)N1CCc2c([nH]c3ccccc23)C1C. The number of hydrogen-bond donors (Lipinski definition) is 2. The van der Waals surface area contributed by atoms with Crippen LogP contribution in [-0.4, -0.2) is 34.8 Å². The van der Waals surface area contributed by atoms with Crippen LogP contribution in [0.15, 0.2) is 24.3 Å². The van der Waals surface area contributed by atoms with Crippen molar-refractivity contribution in [3.05, 3.63) is 35.5 Å². The highest BCUT2D eigenvalue weighted by molar-refractivity contribution is 5.86. The number of carbonyl (C=O) groups excluding carboxylic acids is 2. The lowest BCUT2D eigenvalue weighted by Gasteiger charge is -2.33. The van der Waals surface area contributed by atoms with Crippen molar-refractivity contribution in [2.75, 3.05) is 13.1 Å². The van der Waals surface area contributed by atoms with Gasteiger partial charge in [0, 0.05) is 43.0 Å². The van der Waals surface area contributed by atoms with Gasteiger partial charge in [-0.3, -0.25) is 9.59 Å². The average molecular weight is 341 g/mol. The van der Waals surface area contributed by atoms with E-state index in [4.69, 9.17) is 0 Å². The Morgan fingerprint density at radius 2 is 2.04 bits per heavy atom. The lowest BCUT2D eigenvalue weighted by Crippen LogP contribution is -2.38. The lowest BCUT2D eigenvalue weighted by atomic mass is 9.97. The summed E-state index contributed by atoms with van der Waals surface area (Å²) in [5.41, 5.74) is 3.71. The number of carbonyl (C=O) groups is 2. The number of unbranched alkanes of at least 4 members (excludes halogenated alkanes) is 2. The summed E-state index contributed by atoms with van der Waals surface area (Å²) >= 11 is 0. The van der Waals surface area contributed by atoms with Crippen molar-refractivity contribution in [3.8, 4) is 0 Å². The zero-order valence-corrected chi connectivity index (χ0v) is 15.1. The molecule has 1 aromatic heterocycles. The Hall–Kier alpha value is -2.30. The van der Waals surface area contributed by atoms with Crippen molar-refractivity contribution >= 4 is 22.7 Å².